The van der Waals surface area contributed by atoms with Crippen molar-refractivity contribution in [3.8, 4) is 130 Å². The van der Waals surface area contributed by atoms with E-state index in [1.54, 1.807) is 0 Å². The van der Waals surface area contributed by atoms with Gasteiger partial charge in [0.05, 0.1) is 56.9 Å². The lowest BCUT2D eigenvalue weighted by atomic mass is 9.89. The highest BCUT2D eigenvalue weighted by molar-refractivity contribution is 7.00. The van der Waals surface area contributed by atoms with Gasteiger partial charge in [-0.25, -0.2) is 39.9 Å². The van der Waals surface area contributed by atoms with Gasteiger partial charge in [-0.3, -0.25) is 0 Å². The molecule has 1 aliphatic rings. The van der Waals surface area contributed by atoms with Gasteiger partial charge in [0.25, 0.3) is 0 Å². The Bertz CT molecular complexity index is 7900. The normalized spacial score (nSPS) is 12.0. The number of hydrogen-bond donors (Lipinski definition) is 0. The summed E-state index contributed by atoms with van der Waals surface area (Å²) in [7, 11) is 0. The number of rotatable bonds is 12. The molecule has 0 saturated heterocycles. The lowest BCUT2D eigenvalue weighted by molar-refractivity contribution is 1.01. The van der Waals surface area contributed by atoms with Gasteiger partial charge in [-0.15, -0.1) is 0 Å². The average Bonchev–Trinajstić information content (AvgIpc) is 1.17. The van der Waals surface area contributed by atoms with E-state index in [1.807, 2.05) is 84.9 Å². The third-order valence-corrected chi connectivity index (χ3v) is 24.0. The third-order valence-electron chi connectivity index (χ3n) is 23.0. The lowest BCUT2D eigenvalue weighted by Gasteiger charge is -2.15. The molecular formula is C105H63N13S2. The van der Waals surface area contributed by atoms with E-state index in [9.17, 15) is 0 Å². The standard InChI is InChI=1S/C53H32N6S.C52H31N7S/c1-3-14-33(15-4-1)48-44-31-43(49-50(59-60-58-49)47(44)42-24-11-12-25-45(42)54-48)36-18-13-19-37(30-36)53-56-51(34-16-5-2-6-17-34)55-52(57-53)35-28-26-32(27-29-35)46-40-22-9-7-20-38(40)39-21-8-10-23-41(39)46;1-3-15-32(16-4-1)47-42-31-41(48-49(58-60-57-48)46(42)40-25-7-10-26-43(40)53-47)34-19-13-20-35(29-34)51-54-50(33-17-5-2-6-18-33)55-52(56-51)36-21-14-22-37(30-36)59-44-27-11-8-23-38(44)39-24-9-12-28-45(39)59/h1-31,46H;1-31H. The summed E-state index contributed by atoms with van der Waals surface area (Å²) in [4.78, 5) is 41.2. The summed E-state index contributed by atoms with van der Waals surface area (Å²) in [5.74, 6) is 3.76. The topological polar surface area (TPSA) is 160 Å². The molecule has 13 nitrogen and oxygen atoms in total. The minimum Gasteiger partial charge on any atom is -0.309 e. The van der Waals surface area contributed by atoms with Crippen LogP contribution in [0.25, 0.3) is 217 Å². The van der Waals surface area contributed by atoms with Crippen molar-refractivity contribution in [3.63, 3.8) is 0 Å². The summed E-state index contributed by atoms with van der Waals surface area (Å²) in [6.07, 6.45) is 0. The zero-order chi connectivity index (χ0) is 79.1. The maximum atomic E-state index is 5.22. The lowest BCUT2D eigenvalue weighted by Crippen LogP contribution is -2.01. The van der Waals surface area contributed by atoms with Gasteiger partial charge >= 0.3 is 0 Å². The van der Waals surface area contributed by atoms with Gasteiger partial charge in [-0.2, -0.15) is 17.5 Å². The van der Waals surface area contributed by atoms with Crippen molar-refractivity contribution in [2.45, 2.75) is 5.92 Å². The molecule has 0 aliphatic heterocycles. The molecule has 560 valence electrons. The number of aromatic nitrogens is 13. The number of nitrogens with zero attached hydrogens (tertiary/aromatic N) is 13. The second kappa shape index (κ2) is 29.2. The van der Waals surface area contributed by atoms with Crippen molar-refractivity contribution < 1.29 is 0 Å². The van der Waals surface area contributed by atoms with Crippen molar-refractivity contribution in [3.05, 3.63) is 393 Å². The molecule has 15 heteroatoms. The van der Waals surface area contributed by atoms with Gasteiger partial charge < -0.3 is 4.57 Å². The van der Waals surface area contributed by atoms with Crippen molar-refractivity contribution in [1.82, 2.24) is 61.9 Å². The zero-order valence-electron chi connectivity index (χ0n) is 64.0. The number of para-hydroxylation sites is 4. The van der Waals surface area contributed by atoms with Crippen molar-refractivity contribution in [2.75, 3.05) is 0 Å². The first-order valence-corrected chi connectivity index (χ1v) is 41.2. The molecule has 7 heterocycles. The molecule has 23 aromatic rings. The second-order valence-electron chi connectivity index (χ2n) is 30.0. The molecule has 0 N–H and O–H groups in total. The Kier molecular flexibility index (Phi) is 17.0. The van der Waals surface area contributed by atoms with Crippen molar-refractivity contribution >= 4 is 111 Å². The summed E-state index contributed by atoms with van der Waals surface area (Å²) >= 11 is 2.47. The van der Waals surface area contributed by atoms with E-state index >= 15 is 0 Å². The van der Waals surface area contributed by atoms with Gasteiger partial charge in [0.15, 0.2) is 34.9 Å². The van der Waals surface area contributed by atoms with E-state index in [-0.39, 0.29) is 5.92 Å². The molecule has 0 unspecified atom stereocenters. The number of fused-ring (bicyclic) bond motifs is 16. The molecule has 0 fully saturated rings. The average molecular weight is 1570 g/mol. The molecule has 0 radical (unpaired) electrons. The van der Waals surface area contributed by atoms with Crippen LogP contribution < -0.4 is 0 Å². The minimum absolute atomic E-state index is 0.163. The molecule has 0 bridgehead atoms. The van der Waals surface area contributed by atoms with Crippen LogP contribution in [-0.2, 0) is 0 Å². The zero-order valence-corrected chi connectivity index (χ0v) is 65.6. The fourth-order valence-corrected chi connectivity index (χ4v) is 18.6. The summed E-state index contributed by atoms with van der Waals surface area (Å²) in [6, 6.07) is 131. The Morgan fingerprint density at radius 3 is 1.00 bits per heavy atom. The molecule has 7 aromatic heterocycles. The smallest absolute Gasteiger partial charge is 0.164 e. The maximum Gasteiger partial charge on any atom is 0.164 e. The molecule has 0 saturated carbocycles. The van der Waals surface area contributed by atoms with Crippen LogP contribution in [0.2, 0.25) is 0 Å². The molecule has 0 amide bonds. The van der Waals surface area contributed by atoms with E-state index in [1.165, 1.54) is 62.0 Å². The second-order valence-corrected chi connectivity index (χ2v) is 31.0. The monoisotopic (exact) mass is 1570 g/mol. The highest BCUT2D eigenvalue weighted by Gasteiger charge is 2.30. The first-order valence-electron chi connectivity index (χ1n) is 39.8. The van der Waals surface area contributed by atoms with Gasteiger partial charge in [-0.05, 0) is 99.6 Å². The highest BCUT2D eigenvalue weighted by Crippen LogP contribution is 2.50. The van der Waals surface area contributed by atoms with E-state index in [4.69, 9.17) is 57.4 Å². The fourth-order valence-electron chi connectivity index (χ4n) is 17.5. The Hall–Kier alpha value is -15.7. The fraction of sp³-hybridized carbons (Fsp3) is 0.00952. The minimum atomic E-state index is 0.163. The molecule has 0 spiro atoms. The van der Waals surface area contributed by atoms with Crippen LogP contribution in [-0.4, -0.2) is 61.9 Å². The van der Waals surface area contributed by atoms with Crippen molar-refractivity contribution in [2.24, 2.45) is 0 Å². The first-order chi connectivity index (χ1) is 59.5. The van der Waals surface area contributed by atoms with Crippen LogP contribution in [0, 0.1) is 0 Å². The van der Waals surface area contributed by atoms with Crippen molar-refractivity contribution in [1.29, 1.82) is 0 Å². The van der Waals surface area contributed by atoms with Crippen LogP contribution in [0.1, 0.15) is 22.6 Å². The Balaban J connectivity index is 0.000000140. The molecule has 0 atom stereocenters. The van der Waals surface area contributed by atoms with Crippen LogP contribution in [0.15, 0.2) is 376 Å². The summed E-state index contributed by atoms with van der Waals surface area (Å²) in [5.41, 5.74) is 28.4. The Morgan fingerprint density at radius 1 is 0.217 bits per heavy atom. The van der Waals surface area contributed by atoms with Crippen LogP contribution in [0.4, 0.5) is 0 Å². The van der Waals surface area contributed by atoms with E-state index in [0.717, 1.165) is 160 Å². The highest BCUT2D eigenvalue weighted by atomic mass is 32.1. The quantitative estimate of drug-likeness (QED) is 0.107. The molecular weight excluding hydrogens is 1510 g/mol. The van der Waals surface area contributed by atoms with Crippen LogP contribution in [0.5, 0.6) is 0 Å². The van der Waals surface area contributed by atoms with Crippen LogP contribution >= 0.6 is 23.5 Å². The Morgan fingerprint density at radius 2 is 0.550 bits per heavy atom. The predicted molar refractivity (Wildman–Crippen MR) is 489 cm³/mol. The van der Waals surface area contributed by atoms with E-state index in [0.29, 0.717) is 34.9 Å². The summed E-state index contributed by atoms with van der Waals surface area (Å²) in [5, 5.41) is 8.71. The van der Waals surface area contributed by atoms with E-state index < -0.39 is 0 Å². The largest absolute Gasteiger partial charge is 0.309 e. The number of benzene rings is 16. The van der Waals surface area contributed by atoms with Gasteiger partial charge in [-0.1, -0.05) is 315 Å². The molecule has 120 heavy (non-hydrogen) atoms. The first kappa shape index (κ1) is 69.8. The summed E-state index contributed by atoms with van der Waals surface area (Å²) in [6.45, 7) is 0. The van der Waals surface area contributed by atoms with Gasteiger partial charge in [0.2, 0.25) is 0 Å². The van der Waals surface area contributed by atoms with Gasteiger partial charge in [0, 0.05) is 110 Å². The maximum absolute atomic E-state index is 5.22. The number of pyridine rings is 2. The third kappa shape index (κ3) is 12.1. The van der Waals surface area contributed by atoms with Gasteiger partial charge in [0.1, 0.15) is 22.1 Å². The van der Waals surface area contributed by atoms with Crippen LogP contribution in [0.3, 0.4) is 0 Å². The Labute approximate surface area is 696 Å². The molecule has 16 aromatic carbocycles. The SMILES string of the molecule is c1ccc(-c2nc(-c3ccc(C4c5ccccc5-c5ccccc54)cc3)nc(-c3cccc(-c4cc5c(-c6ccccc6)nc6ccccc6c5c5nsnc45)c3)n2)cc1.c1ccc(-c2nc(-c3cccc(-c4cc5c(-c6ccccc6)nc6ccccc6c5c5nsnc45)c3)nc(-c3cccc(-n4c5ccccc5c5ccccc54)c3)n2)cc1. The summed E-state index contributed by atoms with van der Waals surface area (Å²) < 4.78 is 21.9. The molecule has 24 rings (SSSR count). The van der Waals surface area contributed by atoms with E-state index in [2.05, 4.69) is 296 Å². The number of hydrogen-bond acceptors (Lipinski definition) is 14. The molecule has 1 aliphatic carbocycles. The predicted octanol–water partition coefficient (Wildman–Crippen LogP) is 26.1.